The second-order valence-electron chi connectivity index (χ2n) is 5.28. The van der Waals surface area contributed by atoms with Crippen molar-refractivity contribution >= 4 is 17.5 Å². The highest BCUT2D eigenvalue weighted by atomic mass is 32.2. The predicted octanol–water partition coefficient (Wildman–Crippen LogP) is 2.88. The van der Waals surface area contributed by atoms with Gasteiger partial charge in [-0.2, -0.15) is 11.8 Å². The molecule has 1 aliphatic heterocycles. The maximum absolute atomic E-state index is 12.4. The van der Waals surface area contributed by atoms with Gasteiger partial charge in [-0.3, -0.25) is 9.69 Å². The number of hydrogen-bond donors (Lipinski definition) is 0. The third kappa shape index (κ3) is 3.55. The molecule has 1 aromatic rings. The number of likely N-dealkylation sites (N-methyl/N-ethyl adjacent to an activating group) is 1. The van der Waals surface area contributed by atoms with E-state index in [9.17, 15) is 4.79 Å². The zero-order chi connectivity index (χ0) is 14.5. The summed E-state index contributed by atoms with van der Waals surface area (Å²) in [7, 11) is 2.04. The highest BCUT2D eigenvalue weighted by Crippen LogP contribution is 2.26. The van der Waals surface area contributed by atoms with Crippen LogP contribution in [0.3, 0.4) is 0 Å². The molecule has 2 rings (SSSR count). The molecule has 4 heteroatoms. The van der Waals surface area contributed by atoms with E-state index in [-0.39, 0.29) is 5.78 Å². The molecule has 1 atom stereocenters. The fraction of sp³-hybridized carbons (Fsp3) is 0.562. The van der Waals surface area contributed by atoms with Gasteiger partial charge in [0.25, 0.3) is 0 Å². The average Bonchev–Trinajstić information content (AvgIpc) is 2.91. The normalized spacial score (nSPS) is 15.0. The molecule has 1 aliphatic rings. The Morgan fingerprint density at radius 2 is 2.30 bits per heavy atom. The van der Waals surface area contributed by atoms with Crippen molar-refractivity contribution in [3.05, 3.63) is 29.3 Å². The zero-order valence-electron chi connectivity index (χ0n) is 12.5. The van der Waals surface area contributed by atoms with Gasteiger partial charge in [0.15, 0.2) is 5.78 Å². The third-order valence-electron chi connectivity index (χ3n) is 3.86. The SMILES string of the molecule is CCC(CSC)N(C)CC(=O)c1ccc2c(c1)CCO2. The molecule has 0 aliphatic carbocycles. The van der Waals surface area contributed by atoms with E-state index in [1.165, 1.54) is 0 Å². The van der Waals surface area contributed by atoms with Crippen molar-refractivity contribution in [3.8, 4) is 5.75 Å². The van der Waals surface area contributed by atoms with Gasteiger partial charge in [-0.1, -0.05) is 6.92 Å². The van der Waals surface area contributed by atoms with Gasteiger partial charge in [-0.15, -0.1) is 0 Å². The van der Waals surface area contributed by atoms with Crippen LogP contribution in [0.2, 0.25) is 0 Å². The highest BCUT2D eigenvalue weighted by molar-refractivity contribution is 7.98. The lowest BCUT2D eigenvalue weighted by atomic mass is 10.0. The molecule has 0 fully saturated rings. The highest BCUT2D eigenvalue weighted by Gasteiger charge is 2.18. The Kier molecular flexibility index (Phi) is 5.49. The zero-order valence-corrected chi connectivity index (χ0v) is 13.3. The number of ketones is 1. The summed E-state index contributed by atoms with van der Waals surface area (Å²) in [6, 6.07) is 6.27. The first-order chi connectivity index (χ1) is 9.65. The van der Waals surface area contributed by atoms with Gasteiger partial charge >= 0.3 is 0 Å². The minimum atomic E-state index is 0.196. The minimum absolute atomic E-state index is 0.196. The molecule has 1 aromatic carbocycles. The topological polar surface area (TPSA) is 29.5 Å². The summed E-state index contributed by atoms with van der Waals surface area (Å²) < 4.78 is 5.48. The summed E-state index contributed by atoms with van der Waals surface area (Å²) in [6.07, 6.45) is 4.10. The molecule has 0 bridgehead atoms. The summed E-state index contributed by atoms with van der Waals surface area (Å²) in [6.45, 7) is 3.39. The van der Waals surface area contributed by atoms with Crippen LogP contribution in [0.1, 0.15) is 29.3 Å². The summed E-state index contributed by atoms with van der Waals surface area (Å²) in [4.78, 5) is 14.6. The van der Waals surface area contributed by atoms with Crippen molar-refractivity contribution in [2.45, 2.75) is 25.8 Å². The Balaban J connectivity index is 2.01. The number of carbonyl (C=O) groups is 1. The maximum Gasteiger partial charge on any atom is 0.176 e. The lowest BCUT2D eigenvalue weighted by Gasteiger charge is -2.25. The van der Waals surface area contributed by atoms with Gasteiger partial charge in [-0.05, 0) is 43.5 Å². The van der Waals surface area contributed by atoms with Crippen LogP contribution in [0, 0.1) is 0 Å². The summed E-state index contributed by atoms with van der Waals surface area (Å²) >= 11 is 1.83. The maximum atomic E-state index is 12.4. The molecule has 110 valence electrons. The van der Waals surface area contributed by atoms with Crippen LogP contribution in [0.4, 0.5) is 0 Å². The molecule has 1 unspecified atom stereocenters. The van der Waals surface area contributed by atoms with Crippen molar-refractivity contribution in [1.82, 2.24) is 4.90 Å². The van der Waals surface area contributed by atoms with Crippen molar-refractivity contribution in [2.75, 3.05) is 32.2 Å². The minimum Gasteiger partial charge on any atom is -0.493 e. The molecule has 0 radical (unpaired) electrons. The van der Waals surface area contributed by atoms with Crippen LogP contribution in [-0.4, -0.2) is 48.9 Å². The number of rotatable bonds is 7. The van der Waals surface area contributed by atoms with E-state index in [0.29, 0.717) is 12.6 Å². The van der Waals surface area contributed by atoms with E-state index in [1.54, 1.807) is 0 Å². The molecule has 0 saturated carbocycles. The first kappa shape index (κ1) is 15.4. The van der Waals surface area contributed by atoms with Crippen LogP contribution < -0.4 is 4.74 Å². The molecular formula is C16H23NO2S. The molecule has 20 heavy (non-hydrogen) atoms. The Bertz CT molecular complexity index is 476. The lowest BCUT2D eigenvalue weighted by molar-refractivity contribution is 0.0925. The van der Waals surface area contributed by atoms with Crippen LogP contribution in [0.15, 0.2) is 18.2 Å². The van der Waals surface area contributed by atoms with Gasteiger partial charge in [0.2, 0.25) is 0 Å². The number of benzene rings is 1. The van der Waals surface area contributed by atoms with Gasteiger partial charge in [0, 0.05) is 23.8 Å². The van der Waals surface area contributed by atoms with Crippen molar-refractivity contribution in [1.29, 1.82) is 0 Å². The lowest BCUT2D eigenvalue weighted by Crippen LogP contribution is -2.37. The van der Waals surface area contributed by atoms with Crippen LogP contribution in [0.25, 0.3) is 0 Å². The van der Waals surface area contributed by atoms with Crippen molar-refractivity contribution in [2.24, 2.45) is 0 Å². The van der Waals surface area contributed by atoms with E-state index in [0.717, 1.165) is 42.1 Å². The van der Waals surface area contributed by atoms with Crippen LogP contribution in [-0.2, 0) is 6.42 Å². The quantitative estimate of drug-likeness (QED) is 0.723. The van der Waals surface area contributed by atoms with Crippen molar-refractivity contribution < 1.29 is 9.53 Å². The molecule has 0 amide bonds. The number of nitrogens with zero attached hydrogens (tertiary/aromatic N) is 1. The fourth-order valence-corrected chi connectivity index (χ4v) is 3.43. The summed E-state index contributed by atoms with van der Waals surface area (Å²) in [5.41, 5.74) is 1.97. The number of thioether (sulfide) groups is 1. The number of carbonyl (C=O) groups excluding carboxylic acids is 1. The molecule has 0 spiro atoms. The molecule has 0 aromatic heterocycles. The molecule has 3 nitrogen and oxygen atoms in total. The number of ether oxygens (including phenoxy) is 1. The van der Waals surface area contributed by atoms with Gasteiger partial charge in [-0.25, -0.2) is 0 Å². The van der Waals surface area contributed by atoms with E-state index < -0.39 is 0 Å². The Morgan fingerprint density at radius 1 is 1.50 bits per heavy atom. The third-order valence-corrected chi connectivity index (χ3v) is 4.58. The van der Waals surface area contributed by atoms with E-state index >= 15 is 0 Å². The van der Waals surface area contributed by atoms with Crippen molar-refractivity contribution in [3.63, 3.8) is 0 Å². The molecule has 1 heterocycles. The summed E-state index contributed by atoms with van der Waals surface area (Å²) in [5.74, 6) is 2.20. The second kappa shape index (κ2) is 7.14. The Labute approximate surface area is 125 Å². The second-order valence-corrected chi connectivity index (χ2v) is 6.19. The first-order valence-electron chi connectivity index (χ1n) is 7.13. The van der Waals surface area contributed by atoms with Gasteiger partial charge in [0.05, 0.1) is 13.2 Å². The Hall–Kier alpha value is -1.00. The Morgan fingerprint density at radius 3 is 3.00 bits per heavy atom. The largest absolute Gasteiger partial charge is 0.493 e. The standard InChI is InChI=1S/C16H23NO2S/c1-4-14(11-20-3)17(2)10-15(18)12-5-6-16-13(9-12)7-8-19-16/h5-6,9,14H,4,7-8,10-11H2,1-3H3. The summed E-state index contributed by atoms with van der Waals surface area (Å²) in [5, 5.41) is 0. The molecular weight excluding hydrogens is 270 g/mol. The molecule has 0 saturated heterocycles. The van der Waals surface area contributed by atoms with Gasteiger partial charge < -0.3 is 4.74 Å². The van der Waals surface area contributed by atoms with Gasteiger partial charge in [0.1, 0.15) is 5.75 Å². The smallest absolute Gasteiger partial charge is 0.176 e. The number of Topliss-reactive ketones (excluding diaryl/α,β-unsaturated/α-hetero) is 1. The number of fused-ring (bicyclic) bond motifs is 1. The number of hydrogen-bond acceptors (Lipinski definition) is 4. The van der Waals surface area contributed by atoms with Crippen LogP contribution >= 0.6 is 11.8 Å². The first-order valence-corrected chi connectivity index (χ1v) is 8.53. The van der Waals surface area contributed by atoms with Crippen LogP contribution in [0.5, 0.6) is 5.75 Å². The van der Waals surface area contributed by atoms with E-state index in [1.807, 2.05) is 37.0 Å². The fourth-order valence-electron chi connectivity index (χ4n) is 2.56. The monoisotopic (exact) mass is 293 g/mol. The molecule has 0 N–H and O–H groups in total. The van der Waals surface area contributed by atoms with E-state index in [4.69, 9.17) is 4.74 Å². The van der Waals surface area contributed by atoms with E-state index in [2.05, 4.69) is 18.1 Å². The predicted molar refractivity (Wildman–Crippen MR) is 85.1 cm³/mol. The average molecular weight is 293 g/mol.